The van der Waals surface area contributed by atoms with Gasteiger partial charge in [0.25, 0.3) is 10.0 Å². The van der Waals surface area contributed by atoms with Crippen molar-refractivity contribution in [2.45, 2.75) is 24.8 Å². The van der Waals surface area contributed by atoms with E-state index in [-0.39, 0.29) is 16.0 Å². The molecule has 1 heterocycles. The van der Waals surface area contributed by atoms with Crippen molar-refractivity contribution in [1.82, 2.24) is 9.78 Å². The molecule has 0 fully saturated rings. The van der Waals surface area contributed by atoms with Crippen molar-refractivity contribution >= 4 is 33.1 Å². The van der Waals surface area contributed by atoms with Crippen LogP contribution in [-0.2, 0) is 10.0 Å². The SMILES string of the molecule is CC(C)n1nccc1NS(=O)(=O)c1cc(N)ccc1Cl. The molecule has 6 nitrogen and oxygen atoms in total. The highest BCUT2D eigenvalue weighted by Gasteiger charge is 2.20. The van der Waals surface area contributed by atoms with Gasteiger partial charge in [0.1, 0.15) is 10.7 Å². The summed E-state index contributed by atoms with van der Waals surface area (Å²) >= 11 is 5.93. The Morgan fingerprint density at radius 1 is 1.35 bits per heavy atom. The topological polar surface area (TPSA) is 90.0 Å². The molecule has 0 spiro atoms. The zero-order chi connectivity index (χ0) is 14.9. The smallest absolute Gasteiger partial charge is 0.264 e. The maximum absolute atomic E-state index is 12.4. The van der Waals surface area contributed by atoms with Gasteiger partial charge in [0, 0.05) is 17.8 Å². The van der Waals surface area contributed by atoms with Crippen LogP contribution in [0.3, 0.4) is 0 Å². The molecule has 108 valence electrons. The molecule has 1 aromatic heterocycles. The van der Waals surface area contributed by atoms with E-state index in [2.05, 4.69) is 9.82 Å². The zero-order valence-electron chi connectivity index (χ0n) is 11.0. The van der Waals surface area contributed by atoms with Crippen LogP contribution in [0.5, 0.6) is 0 Å². The lowest BCUT2D eigenvalue weighted by Gasteiger charge is -2.13. The van der Waals surface area contributed by atoms with Gasteiger partial charge in [-0.1, -0.05) is 11.6 Å². The summed E-state index contributed by atoms with van der Waals surface area (Å²) in [4.78, 5) is -0.0596. The Morgan fingerprint density at radius 3 is 2.70 bits per heavy atom. The molecule has 0 radical (unpaired) electrons. The number of sulfonamides is 1. The quantitative estimate of drug-likeness (QED) is 0.848. The number of hydrogen-bond acceptors (Lipinski definition) is 4. The molecule has 20 heavy (non-hydrogen) atoms. The molecule has 2 rings (SSSR count). The summed E-state index contributed by atoms with van der Waals surface area (Å²) in [7, 11) is -3.82. The van der Waals surface area contributed by atoms with Crippen LogP contribution in [0.15, 0.2) is 35.4 Å². The normalized spacial score (nSPS) is 11.8. The molecule has 0 unspecified atom stereocenters. The molecule has 0 atom stereocenters. The molecular formula is C12H15ClN4O2S. The van der Waals surface area contributed by atoms with Crippen LogP contribution in [0, 0.1) is 0 Å². The van der Waals surface area contributed by atoms with Crippen molar-refractivity contribution < 1.29 is 8.42 Å². The first-order valence-electron chi connectivity index (χ1n) is 5.92. The van der Waals surface area contributed by atoms with Gasteiger partial charge in [-0.05, 0) is 32.0 Å². The number of rotatable bonds is 4. The highest BCUT2D eigenvalue weighted by atomic mass is 35.5. The Balaban J connectivity index is 2.41. The van der Waals surface area contributed by atoms with Crippen molar-refractivity contribution in [2.75, 3.05) is 10.5 Å². The molecular weight excluding hydrogens is 300 g/mol. The maximum Gasteiger partial charge on any atom is 0.264 e. The lowest BCUT2D eigenvalue weighted by atomic mass is 10.3. The van der Waals surface area contributed by atoms with Gasteiger partial charge in [-0.2, -0.15) is 5.10 Å². The monoisotopic (exact) mass is 314 g/mol. The number of nitrogens with zero attached hydrogens (tertiary/aromatic N) is 2. The molecule has 2 aromatic rings. The molecule has 3 N–H and O–H groups in total. The fourth-order valence-electron chi connectivity index (χ4n) is 1.73. The highest BCUT2D eigenvalue weighted by Crippen LogP contribution is 2.26. The van der Waals surface area contributed by atoms with Gasteiger partial charge >= 0.3 is 0 Å². The van der Waals surface area contributed by atoms with E-state index in [1.165, 1.54) is 18.3 Å². The van der Waals surface area contributed by atoms with E-state index in [0.717, 1.165) is 0 Å². The van der Waals surface area contributed by atoms with Gasteiger partial charge in [0.05, 0.1) is 11.2 Å². The number of aromatic nitrogens is 2. The summed E-state index contributed by atoms with van der Waals surface area (Å²) in [6.45, 7) is 3.80. The fourth-order valence-corrected chi connectivity index (χ4v) is 3.31. The number of anilines is 2. The highest BCUT2D eigenvalue weighted by molar-refractivity contribution is 7.92. The average molecular weight is 315 g/mol. The maximum atomic E-state index is 12.4. The summed E-state index contributed by atoms with van der Waals surface area (Å²) in [6.07, 6.45) is 1.53. The molecule has 0 bridgehead atoms. The van der Waals surface area contributed by atoms with Crippen LogP contribution in [0.4, 0.5) is 11.5 Å². The van der Waals surface area contributed by atoms with Crippen LogP contribution in [0.2, 0.25) is 5.02 Å². The predicted molar refractivity (Wildman–Crippen MR) is 79.3 cm³/mol. The molecule has 8 heteroatoms. The third kappa shape index (κ3) is 2.88. The third-order valence-electron chi connectivity index (χ3n) is 2.64. The van der Waals surface area contributed by atoms with E-state index >= 15 is 0 Å². The predicted octanol–water partition coefficient (Wildman–Crippen LogP) is 2.50. The Kier molecular flexibility index (Phi) is 3.92. The van der Waals surface area contributed by atoms with E-state index < -0.39 is 10.0 Å². The molecule has 1 aromatic carbocycles. The van der Waals surface area contributed by atoms with Crippen molar-refractivity contribution in [3.05, 3.63) is 35.5 Å². The van der Waals surface area contributed by atoms with Crippen LogP contribution >= 0.6 is 11.6 Å². The minimum Gasteiger partial charge on any atom is -0.399 e. The number of nitrogens with two attached hydrogens (primary N) is 1. The minimum absolute atomic E-state index is 0.0269. The first-order valence-corrected chi connectivity index (χ1v) is 7.79. The largest absolute Gasteiger partial charge is 0.399 e. The zero-order valence-corrected chi connectivity index (χ0v) is 12.6. The van der Waals surface area contributed by atoms with E-state index in [1.807, 2.05) is 13.8 Å². The molecule has 0 amide bonds. The molecule has 0 saturated heterocycles. The van der Waals surface area contributed by atoms with Crippen molar-refractivity contribution in [3.8, 4) is 0 Å². The van der Waals surface area contributed by atoms with Gasteiger partial charge in [-0.15, -0.1) is 0 Å². The van der Waals surface area contributed by atoms with Gasteiger partial charge in [0.2, 0.25) is 0 Å². The van der Waals surface area contributed by atoms with E-state index in [9.17, 15) is 8.42 Å². The molecule has 0 aliphatic rings. The Hall–Kier alpha value is -1.73. The van der Waals surface area contributed by atoms with E-state index in [1.54, 1.807) is 16.8 Å². The number of nitrogen functional groups attached to an aromatic ring is 1. The second-order valence-corrected chi connectivity index (χ2v) is 6.61. The van der Waals surface area contributed by atoms with Crippen LogP contribution < -0.4 is 10.5 Å². The number of halogens is 1. The van der Waals surface area contributed by atoms with Crippen LogP contribution in [-0.4, -0.2) is 18.2 Å². The summed E-state index contributed by atoms with van der Waals surface area (Å²) in [5.41, 5.74) is 5.93. The third-order valence-corrected chi connectivity index (χ3v) is 4.48. The summed E-state index contributed by atoms with van der Waals surface area (Å²) in [5.74, 6) is 0.374. The number of benzene rings is 1. The van der Waals surface area contributed by atoms with Crippen molar-refractivity contribution in [2.24, 2.45) is 0 Å². The lowest BCUT2D eigenvalue weighted by Crippen LogP contribution is -2.17. The van der Waals surface area contributed by atoms with Gasteiger partial charge in [0.15, 0.2) is 0 Å². The van der Waals surface area contributed by atoms with Gasteiger partial charge < -0.3 is 5.73 Å². The van der Waals surface area contributed by atoms with Gasteiger partial charge in [-0.25, -0.2) is 13.1 Å². The summed E-state index contributed by atoms with van der Waals surface area (Å²) < 4.78 is 28.7. The van der Waals surface area contributed by atoms with Crippen LogP contribution in [0.1, 0.15) is 19.9 Å². The first kappa shape index (κ1) is 14.7. The van der Waals surface area contributed by atoms with Gasteiger partial charge in [-0.3, -0.25) is 4.72 Å². The van der Waals surface area contributed by atoms with E-state index in [0.29, 0.717) is 11.5 Å². The second-order valence-electron chi connectivity index (χ2n) is 4.55. The molecule has 0 aliphatic heterocycles. The van der Waals surface area contributed by atoms with Crippen molar-refractivity contribution in [1.29, 1.82) is 0 Å². The molecule has 0 aliphatic carbocycles. The second kappa shape index (κ2) is 5.34. The Labute approximate surface area is 122 Å². The molecule has 0 saturated carbocycles. The van der Waals surface area contributed by atoms with Crippen molar-refractivity contribution in [3.63, 3.8) is 0 Å². The number of nitrogens with one attached hydrogen (secondary N) is 1. The first-order chi connectivity index (χ1) is 9.31. The average Bonchev–Trinajstić information content (AvgIpc) is 2.79. The lowest BCUT2D eigenvalue weighted by molar-refractivity contribution is 0.539. The Bertz CT molecular complexity index is 725. The standard InChI is InChI=1S/C12H15ClN4O2S/c1-8(2)17-12(5-6-15-17)16-20(18,19)11-7-9(14)3-4-10(11)13/h3-8,16H,14H2,1-2H3. The fraction of sp³-hybridized carbons (Fsp3) is 0.250. The van der Waals surface area contributed by atoms with E-state index in [4.69, 9.17) is 17.3 Å². The number of hydrogen-bond donors (Lipinski definition) is 2. The van der Waals surface area contributed by atoms with Crippen LogP contribution in [0.25, 0.3) is 0 Å². The minimum atomic E-state index is -3.82. The summed E-state index contributed by atoms with van der Waals surface area (Å²) in [5, 5.41) is 4.18. The Morgan fingerprint density at radius 2 is 2.05 bits per heavy atom. The summed E-state index contributed by atoms with van der Waals surface area (Å²) in [6, 6.07) is 5.92.